The number of carbonyl (C=O) groups is 1. The maximum atomic E-state index is 12.2. The standard InChI is InChI=1S/C13H18N4O3/c1-2-7-16(12-8-14-9-12)13(18)15-10-3-5-11(6-4-10)17(19)20/h3-6,12,14H,2,7-9H2,1H3,(H,15,18). The summed E-state index contributed by atoms with van der Waals surface area (Å²) in [7, 11) is 0. The third-order valence-electron chi connectivity index (χ3n) is 3.26. The van der Waals surface area contributed by atoms with E-state index >= 15 is 0 Å². The van der Waals surface area contributed by atoms with Gasteiger partial charge in [-0.1, -0.05) is 6.92 Å². The number of rotatable bonds is 5. The zero-order valence-electron chi connectivity index (χ0n) is 11.3. The molecule has 0 aromatic heterocycles. The van der Waals surface area contributed by atoms with Crippen molar-refractivity contribution in [2.24, 2.45) is 0 Å². The van der Waals surface area contributed by atoms with E-state index < -0.39 is 4.92 Å². The molecule has 0 radical (unpaired) electrons. The van der Waals surface area contributed by atoms with E-state index in [1.54, 1.807) is 17.0 Å². The summed E-state index contributed by atoms with van der Waals surface area (Å²) < 4.78 is 0. The number of hydrogen-bond acceptors (Lipinski definition) is 4. The Balaban J connectivity index is 1.99. The number of nitrogens with one attached hydrogen (secondary N) is 2. The lowest BCUT2D eigenvalue weighted by Crippen LogP contribution is -2.59. The first-order chi connectivity index (χ1) is 9.61. The van der Waals surface area contributed by atoms with Gasteiger partial charge in [0.05, 0.1) is 11.0 Å². The monoisotopic (exact) mass is 278 g/mol. The van der Waals surface area contributed by atoms with E-state index in [0.717, 1.165) is 19.5 Å². The van der Waals surface area contributed by atoms with Gasteiger partial charge in [-0.2, -0.15) is 0 Å². The van der Waals surface area contributed by atoms with Crippen molar-refractivity contribution in [2.45, 2.75) is 19.4 Å². The smallest absolute Gasteiger partial charge is 0.319 e. The molecule has 0 saturated carbocycles. The highest BCUT2D eigenvalue weighted by molar-refractivity contribution is 5.89. The lowest BCUT2D eigenvalue weighted by Gasteiger charge is -2.38. The Bertz CT molecular complexity index is 485. The van der Waals surface area contributed by atoms with Crippen LogP contribution in [0.2, 0.25) is 0 Å². The average molecular weight is 278 g/mol. The molecule has 1 aliphatic heterocycles. The molecule has 0 unspecified atom stereocenters. The Kier molecular flexibility index (Phi) is 4.52. The fourth-order valence-electron chi connectivity index (χ4n) is 2.05. The van der Waals surface area contributed by atoms with Crippen LogP contribution in [0.15, 0.2) is 24.3 Å². The van der Waals surface area contributed by atoms with Gasteiger partial charge in [0.25, 0.3) is 5.69 Å². The van der Waals surface area contributed by atoms with Gasteiger partial charge in [0.1, 0.15) is 0 Å². The van der Waals surface area contributed by atoms with Crippen molar-refractivity contribution in [2.75, 3.05) is 25.0 Å². The maximum Gasteiger partial charge on any atom is 0.322 e. The molecule has 0 bridgehead atoms. The quantitative estimate of drug-likeness (QED) is 0.635. The van der Waals surface area contributed by atoms with Crippen LogP contribution in [0.3, 0.4) is 0 Å². The van der Waals surface area contributed by atoms with Gasteiger partial charge in [0, 0.05) is 37.5 Å². The zero-order chi connectivity index (χ0) is 14.5. The number of urea groups is 1. The van der Waals surface area contributed by atoms with E-state index in [4.69, 9.17) is 0 Å². The predicted molar refractivity (Wildman–Crippen MR) is 75.8 cm³/mol. The van der Waals surface area contributed by atoms with Crippen molar-refractivity contribution in [1.29, 1.82) is 0 Å². The van der Waals surface area contributed by atoms with Gasteiger partial charge in [0.15, 0.2) is 0 Å². The largest absolute Gasteiger partial charge is 0.322 e. The predicted octanol–water partition coefficient (Wildman–Crippen LogP) is 1.81. The molecular formula is C13H18N4O3. The van der Waals surface area contributed by atoms with Crippen molar-refractivity contribution in [3.8, 4) is 0 Å². The summed E-state index contributed by atoms with van der Waals surface area (Å²) in [6.45, 7) is 4.35. The van der Waals surface area contributed by atoms with Crippen molar-refractivity contribution in [3.05, 3.63) is 34.4 Å². The maximum absolute atomic E-state index is 12.2. The van der Waals surface area contributed by atoms with Crippen molar-refractivity contribution >= 4 is 17.4 Å². The van der Waals surface area contributed by atoms with Gasteiger partial charge in [0.2, 0.25) is 0 Å². The topological polar surface area (TPSA) is 87.5 Å². The van der Waals surface area contributed by atoms with Crippen LogP contribution in [0, 0.1) is 10.1 Å². The molecule has 20 heavy (non-hydrogen) atoms. The number of amides is 2. The van der Waals surface area contributed by atoms with Crippen LogP contribution in [0.5, 0.6) is 0 Å². The first-order valence-electron chi connectivity index (χ1n) is 6.64. The highest BCUT2D eigenvalue weighted by Gasteiger charge is 2.27. The molecule has 2 N–H and O–H groups in total. The molecule has 1 saturated heterocycles. The number of benzene rings is 1. The van der Waals surface area contributed by atoms with Gasteiger partial charge in [-0.05, 0) is 18.6 Å². The molecule has 7 nitrogen and oxygen atoms in total. The number of non-ortho nitro benzene ring substituents is 1. The third kappa shape index (κ3) is 3.24. The van der Waals surface area contributed by atoms with Gasteiger partial charge in [-0.25, -0.2) is 4.79 Å². The second-order valence-corrected chi connectivity index (χ2v) is 4.74. The van der Waals surface area contributed by atoms with E-state index in [-0.39, 0.29) is 17.8 Å². The zero-order valence-corrected chi connectivity index (χ0v) is 11.3. The normalized spacial score (nSPS) is 14.4. The number of nitro benzene ring substituents is 1. The minimum absolute atomic E-state index is 0.0107. The molecule has 2 amide bonds. The molecule has 0 spiro atoms. The summed E-state index contributed by atoms with van der Waals surface area (Å²) in [6, 6.07) is 5.91. The van der Waals surface area contributed by atoms with Crippen molar-refractivity contribution in [1.82, 2.24) is 10.2 Å². The van der Waals surface area contributed by atoms with Crippen LogP contribution in [0.4, 0.5) is 16.2 Å². The summed E-state index contributed by atoms with van der Waals surface area (Å²) in [5.41, 5.74) is 0.575. The summed E-state index contributed by atoms with van der Waals surface area (Å²) in [5.74, 6) is 0. The Hall–Kier alpha value is -2.15. The Morgan fingerprint density at radius 1 is 1.45 bits per heavy atom. The molecule has 1 fully saturated rings. The lowest BCUT2D eigenvalue weighted by molar-refractivity contribution is -0.384. The molecular weight excluding hydrogens is 260 g/mol. The number of hydrogen-bond donors (Lipinski definition) is 2. The summed E-state index contributed by atoms with van der Waals surface area (Å²) in [6.07, 6.45) is 0.893. The van der Waals surface area contributed by atoms with Gasteiger partial charge >= 0.3 is 6.03 Å². The van der Waals surface area contributed by atoms with E-state index in [1.165, 1.54) is 12.1 Å². The summed E-state index contributed by atoms with van der Waals surface area (Å²) in [4.78, 5) is 24.1. The second kappa shape index (κ2) is 6.33. The van der Waals surface area contributed by atoms with E-state index in [2.05, 4.69) is 10.6 Å². The molecule has 1 aromatic carbocycles. The van der Waals surface area contributed by atoms with Crippen LogP contribution in [0.1, 0.15) is 13.3 Å². The highest BCUT2D eigenvalue weighted by atomic mass is 16.6. The fraction of sp³-hybridized carbons (Fsp3) is 0.462. The van der Waals surface area contributed by atoms with Crippen molar-refractivity contribution < 1.29 is 9.72 Å². The van der Waals surface area contributed by atoms with E-state index in [9.17, 15) is 14.9 Å². The Labute approximate surface area is 117 Å². The molecule has 7 heteroatoms. The molecule has 1 heterocycles. The molecule has 2 rings (SSSR count). The second-order valence-electron chi connectivity index (χ2n) is 4.74. The van der Waals surface area contributed by atoms with Gasteiger partial charge in [-0.3, -0.25) is 10.1 Å². The van der Waals surface area contributed by atoms with Crippen LogP contribution in [-0.2, 0) is 0 Å². The minimum Gasteiger partial charge on any atom is -0.319 e. The number of nitro groups is 1. The van der Waals surface area contributed by atoms with Crippen LogP contribution >= 0.6 is 0 Å². The lowest BCUT2D eigenvalue weighted by atomic mass is 10.1. The minimum atomic E-state index is -0.463. The number of nitrogens with zero attached hydrogens (tertiary/aromatic N) is 2. The number of carbonyl (C=O) groups excluding carboxylic acids is 1. The summed E-state index contributed by atoms with van der Waals surface area (Å²) in [5, 5.41) is 16.5. The summed E-state index contributed by atoms with van der Waals surface area (Å²) >= 11 is 0. The molecule has 0 atom stereocenters. The first kappa shape index (κ1) is 14.3. The van der Waals surface area contributed by atoms with E-state index in [0.29, 0.717) is 12.2 Å². The Morgan fingerprint density at radius 2 is 2.10 bits per heavy atom. The molecule has 1 aromatic rings. The fourth-order valence-corrected chi connectivity index (χ4v) is 2.05. The van der Waals surface area contributed by atoms with Crippen molar-refractivity contribution in [3.63, 3.8) is 0 Å². The van der Waals surface area contributed by atoms with Gasteiger partial charge < -0.3 is 15.5 Å². The Morgan fingerprint density at radius 3 is 2.55 bits per heavy atom. The van der Waals surface area contributed by atoms with Gasteiger partial charge in [-0.15, -0.1) is 0 Å². The average Bonchev–Trinajstić information content (AvgIpc) is 2.36. The third-order valence-corrected chi connectivity index (χ3v) is 3.26. The van der Waals surface area contributed by atoms with Crippen LogP contribution < -0.4 is 10.6 Å². The number of anilines is 1. The van der Waals surface area contributed by atoms with Crippen LogP contribution in [0.25, 0.3) is 0 Å². The van der Waals surface area contributed by atoms with Crippen LogP contribution in [-0.4, -0.2) is 41.5 Å². The first-order valence-corrected chi connectivity index (χ1v) is 6.64. The molecule has 0 aliphatic carbocycles. The molecule has 108 valence electrons. The SMILES string of the molecule is CCCN(C(=O)Nc1ccc([N+](=O)[O-])cc1)C1CNC1. The van der Waals surface area contributed by atoms with E-state index in [1.807, 2.05) is 6.92 Å². The molecule has 1 aliphatic rings. The highest BCUT2D eigenvalue weighted by Crippen LogP contribution is 2.16.